The van der Waals surface area contributed by atoms with Gasteiger partial charge in [-0.25, -0.2) is 0 Å². The van der Waals surface area contributed by atoms with Crippen LogP contribution in [0.25, 0.3) is 0 Å². The van der Waals surface area contributed by atoms with Crippen molar-refractivity contribution in [3.63, 3.8) is 0 Å². The molecular weight excluding hydrogens is 222 g/mol. The average Bonchev–Trinajstić information content (AvgIpc) is 2.40. The highest BCUT2D eigenvalue weighted by atomic mass is 16.3. The highest BCUT2D eigenvalue weighted by Crippen LogP contribution is 2.43. The van der Waals surface area contributed by atoms with Gasteiger partial charge in [-0.15, -0.1) is 0 Å². The Bertz CT molecular complexity index is 399. The fraction of sp³-hybridized carbons (Fsp3) is 0.562. The first kappa shape index (κ1) is 13.1. The van der Waals surface area contributed by atoms with E-state index in [2.05, 4.69) is 6.07 Å². The zero-order chi connectivity index (χ0) is 12.8. The van der Waals surface area contributed by atoms with Crippen LogP contribution in [0.1, 0.15) is 56.6 Å². The molecule has 2 heteroatoms. The zero-order valence-corrected chi connectivity index (χ0v) is 10.8. The molecule has 0 radical (unpaired) electrons. The van der Waals surface area contributed by atoms with Gasteiger partial charge in [-0.05, 0) is 18.4 Å². The third kappa shape index (κ3) is 2.73. The minimum absolute atomic E-state index is 0.582. The highest BCUT2D eigenvalue weighted by Gasteiger charge is 2.38. The molecule has 1 unspecified atom stereocenters. The largest absolute Gasteiger partial charge is 0.387 e. The lowest BCUT2D eigenvalue weighted by atomic mass is 9.71. The number of aliphatic hydroxyl groups excluding tert-OH is 1. The van der Waals surface area contributed by atoms with E-state index in [0.717, 1.165) is 31.2 Å². The smallest absolute Gasteiger partial charge is 0.0976 e. The Morgan fingerprint density at radius 1 is 1.00 bits per heavy atom. The van der Waals surface area contributed by atoms with Crippen LogP contribution in [-0.4, -0.2) is 5.11 Å². The highest BCUT2D eigenvalue weighted by molar-refractivity contribution is 5.23. The molecule has 1 saturated carbocycles. The summed E-state index contributed by atoms with van der Waals surface area (Å²) < 4.78 is 0. The molecule has 1 aliphatic rings. The first-order valence-corrected chi connectivity index (χ1v) is 6.93. The van der Waals surface area contributed by atoms with Crippen molar-refractivity contribution in [2.24, 2.45) is 5.41 Å². The second kappa shape index (κ2) is 6.02. The van der Waals surface area contributed by atoms with Crippen molar-refractivity contribution in [3.8, 4) is 6.07 Å². The maximum absolute atomic E-state index is 10.6. The Kier molecular flexibility index (Phi) is 4.38. The van der Waals surface area contributed by atoms with Gasteiger partial charge in [-0.1, -0.05) is 62.4 Å². The van der Waals surface area contributed by atoms with Crippen molar-refractivity contribution in [1.29, 1.82) is 5.26 Å². The van der Waals surface area contributed by atoms with Crippen LogP contribution in [0.2, 0.25) is 0 Å². The van der Waals surface area contributed by atoms with E-state index in [9.17, 15) is 10.4 Å². The summed E-state index contributed by atoms with van der Waals surface area (Å²) in [6.45, 7) is 0. The molecule has 0 aromatic heterocycles. The van der Waals surface area contributed by atoms with E-state index in [0.29, 0.717) is 0 Å². The first-order chi connectivity index (χ1) is 8.78. The molecule has 96 valence electrons. The summed E-state index contributed by atoms with van der Waals surface area (Å²) in [7, 11) is 0. The van der Waals surface area contributed by atoms with Gasteiger partial charge in [-0.2, -0.15) is 5.26 Å². The van der Waals surface area contributed by atoms with Gasteiger partial charge >= 0.3 is 0 Å². The van der Waals surface area contributed by atoms with Crippen LogP contribution >= 0.6 is 0 Å². The first-order valence-electron chi connectivity index (χ1n) is 6.93. The van der Waals surface area contributed by atoms with Gasteiger partial charge in [0.2, 0.25) is 0 Å². The Labute approximate surface area is 109 Å². The van der Waals surface area contributed by atoms with Crippen molar-refractivity contribution >= 4 is 0 Å². The number of rotatable bonds is 2. The number of nitrogens with zero attached hydrogens (tertiary/aromatic N) is 1. The van der Waals surface area contributed by atoms with Gasteiger partial charge in [-0.3, -0.25) is 0 Å². The molecule has 1 aromatic rings. The summed E-state index contributed by atoms with van der Waals surface area (Å²) in [5, 5.41) is 20.2. The van der Waals surface area contributed by atoms with Crippen LogP contribution < -0.4 is 0 Å². The van der Waals surface area contributed by atoms with Gasteiger partial charge in [0.1, 0.15) is 0 Å². The van der Waals surface area contributed by atoms with Gasteiger partial charge in [0, 0.05) is 0 Å². The number of hydrogen-bond acceptors (Lipinski definition) is 2. The van der Waals surface area contributed by atoms with Gasteiger partial charge in [0.05, 0.1) is 17.6 Å². The zero-order valence-electron chi connectivity index (χ0n) is 10.8. The van der Waals surface area contributed by atoms with Crippen molar-refractivity contribution in [1.82, 2.24) is 0 Å². The van der Waals surface area contributed by atoms with Crippen LogP contribution in [-0.2, 0) is 0 Å². The molecule has 0 amide bonds. The van der Waals surface area contributed by atoms with Gasteiger partial charge in [0.25, 0.3) is 0 Å². The minimum Gasteiger partial charge on any atom is -0.387 e. The van der Waals surface area contributed by atoms with E-state index in [1.54, 1.807) is 0 Å². The molecule has 0 aliphatic heterocycles. The maximum atomic E-state index is 10.6. The molecule has 2 nitrogen and oxygen atoms in total. The molecule has 1 fully saturated rings. The van der Waals surface area contributed by atoms with Crippen LogP contribution in [0.4, 0.5) is 0 Å². The quantitative estimate of drug-likeness (QED) is 0.854. The van der Waals surface area contributed by atoms with Crippen LogP contribution in [0, 0.1) is 16.7 Å². The fourth-order valence-electron chi connectivity index (χ4n) is 2.94. The molecule has 0 bridgehead atoms. The molecule has 1 N–H and O–H groups in total. The van der Waals surface area contributed by atoms with Crippen molar-refractivity contribution < 1.29 is 5.11 Å². The second-order valence-corrected chi connectivity index (χ2v) is 5.35. The van der Waals surface area contributed by atoms with Crippen LogP contribution in [0.5, 0.6) is 0 Å². The third-order valence-electron chi connectivity index (χ3n) is 4.11. The van der Waals surface area contributed by atoms with E-state index < -0.39 is 11.5 Å². The predicted octanol–water partition coefficient (Wildman–Crippen LogP) is 3.97. The molecular formula is C16H21NO. The molecule has 0 heterocycles. The lowest BCUT2D eigenvalue weighted by molar-refractivity contribution is 0.0434. The summed E-state index contributed by atoms with van der Waals surface area (Å²) >= 11 is 0. The normalized spacial score (nSPS) is 21.3. The molecule has 1 aromatic carbocycles. The minimum atomic E-state index is -0.651. The van der Waals surface area contributed by atoms with Gasteiger partial charge in [0.15, 0.2) is 0 Å². The van der Waals surface area contributed by atoms with E-state index in [4.69, 9.17) is 0 Å². The van der Waals surface area contributed by atoms with E-state index in [1.165, 1.54) is 19.3 Å². The van der Waals surface area contributed by atoms with Crippen LogP contribution in [0.3, 0.4) is 0 Å². The predicted molar refractivity (Wildman–Crippen MR) is 71.8 cm³/mol. The lowest BCUT2D eigenvalue weighted by Gasteiger charge is -2.33. The average molecular weight is 243 g/mol. The lowest BCUT2D eigenvalue weighted by Crippen LogP contribution is -2.28. The summed E-state index contributed by atoms with van der Waals surface area (Å²) in [6, 6.07) is 12.1. The van der Waals surface area contributed by atoms with E-state index in [1.807, 2.05) is 30.3 Å². The second-order valence-electron chi connectivity index (χ2n) is 5.35. The van der Waals surface area contributed by atoms with Crippen molar-refractivity contribution in [3.05, 3.63) is 35.9 Å². The SMILES string of the molecule is N#CC1(C(O)c2ccccc2)CCCCCCC1. The standard InChI is InChI=1S/C16H21NO/c17-13-16(11-7-2-1-3-8-12-16)15(18)14-9-5-4-6-10-14/h4-6,9-10,15,18H,1-3,7-8,11-12H2. The monoisotopic (exact) mass is 243 g/mol. The number of nitriles is 1. The van der Waals surface area contributed by atoms with Gasteiger partial charge < -0.3 is 5.11 Å². The molecule has 18 heavy (non-hydrogen) atoms. The topological polar surface area (TPSA) is 44.0 Å². The summed E-state index contributed by atoms with van der Waals surface area (Å²) in [4.78, 5) is 0. The van der Waals surface area contributed by atoms with E-state index >= 15 is 0 Å². The fourth-order valence-corrected chi connectivity index (χ4v) is 2.94. The Balaban J connectivity index is 2.22. The number of benzene rings is 1. The molecule has 0 spiro atoms. The summed E-state index contributed by atoms with van der Waals surface area (Å²) in [6.07, 6.45) is 6.73. The molecule has 1 atom stereocenters. The molecule has 0 saturated heterocycles. The number of aliphatic hydroxyl groups is 1. The van der Waals surface area contributed by atoms with Crippen molar-refractivity contribution in [2.75, 3.05) is 0 Å². The van der Waals surface area contributed by atoms with Crippen molar-refractivity contribution in [2.45, 2.75) is 51.0 Å². The van der Waals surface area contributed by atoms with Crippen LogP contribution in [0.15, 0.2) is 30.3 Å². The Morgan fingerprint density at radius 2 is 1.56 bits per heavy atom. The molecule has 2 rings (SSSR count). The maximum Gasteiger partial charge on any atom is 0.0976 e. The van der Waals surface area contributed by atoms with E-state index in [-0.39, 0.29) is 0 Å². The Morgan fingerprint density at radius 3 is 2.11 bits per heavy atom. The summed E-state index contributed by atoms with van der Waals surface area (Å²) in [5.74, 6) is 0. The third-order valence-corrected chi connectivity index (χ3v) is 4.11. The summed E-state index contributed by atoms with van der Waals surface area (Å²) in [5.41, 5.74) is 0.293. The Hall–Kier alpha value is -1.33. The molecule has 1 aliphatic carbocycles. The number of hydrogen-bond donors (Lipinski definition) is 1.